The average molecular weight is 500 g/mol. The first-order valence-electron chi connectivity index (χ1n) is 11.9. The Balaban J connectivity index is 1.46. The molecule has 2 aromatic rings. The third kappa shape index (κ3) is 5.94. The number of likely N-dealkylation sites (N-methyl/N-ethyl adjacent to an activating group) is 1. The van der Waals surface area contributed by atoms with E-state index in [2.05, 4.69) is 10.6 Å². The van der Waals surface area contributed by atoms with E-state index in [4.69, 9.17) is 21.1 Å². The van der Waals surface area contributed by atoms with Crippen LogP contribution >= 0.6 is 11.6 Å². The molecule has 35 heavy (non-hydrogen) atoms. The lowest BCUT2D eigenvalue weighted by atomic mass is 9.94. The number of nitrogens with zero attached hydrogens (tertiary/aromatic N) is 1. The number of hydrogen-bond donors (Lipinski definition) is 2. The summed E-state index contributed by atoms with van der Waals surface area (Å²) in [6, 6.07) is 11.4. The van der Waals surface area contributed by atoms with Gasteiger partial charge in [-0.05, 0) is 61.7 Å². The highest BCUT2D eigenvalue weighted by Gasteiger charge is 2.39. The van der Waals surface area contributed by atoms with E-state index in [0.717, 1.165) is 6.42 Å². The molecule has 0 spiro atoms. The predicted octanol–water partition coefficient (Wildman–Crippen LogP) is 3.89. The van der Waals surface area contributed by atoms with Crippen LogP contribution < -0.4 is 15.4 Å². The van der Waals surface area contributed by atoms with E-state index in [-0.39, 0.29) is 42.6 Å². The maximum absolute atomic E-state index is 13.4. The van der Waals surface area contributed by atoms with Gasteiger partial charge in [-0.1, -0.05) is 18.5 Å². The van der Waals surface area contributed by atoms with Gasteiger partial charge in [0.1, 0.15) is 18.5 Å². The Kier molecular flexibility index (Phi) is 7.93. The molecule has 1 saturated heterocycles. The number of benzene rings is 2. The van der Waals surface area contributed by atoms with Crippen LogP contribution in [0.4, 0.5) is 5.69 Å². The number of nitrogens with one attached hydrogen (secondary N) is 2. The Hall–Kier alpha value is -3.10. The second-order valence-electron chi connectivity index (χ2n) is 8.89. The molecule has 0 aliphatic carbocycles. The molecule has 0 aromatic heterocycles. The van der Waals surface area contributed by atoms with Gasteiger partial charge in [0, 0.05) is 29.9 Å². The van der Waals surface area contributed by atoms with Crippen molar-refractivity contribution in [3.63, 3.8) is 0 Å². The summed E-state index contributed by atoms with van der Waals surface area (Å²) in [5, 5.41) is 6.25. The fourth-order valence-electron chi connectivity index (χ4n) is 4.45. The molecule has 2 N–H and O–H groups in total. The van der Waals surface area contributed by atoms with Gasteiger partial charge in [0.15, 0.2) is 0 Å². The van der Waals surface area contributed by atoms with Crippen molar-refractivity contribution in [2.45, 2.75) is 50.9 Å². The second-order valence-corrected chi connectivity index (χ2v) is 9.33. The standard InChI is InChI=1S/C26H30ClN3O5/c1-3-12-28-24(31)14-19-9-10-21-23(35-19)15-34-22-11-8-18(13-20(22)26(33)30(21)2)29-25(32)16-4-6-17(27)7-5-16/h4-8,11,13,19,21,23H,3,9-10,12,14-15H2,1-2H3,(H,28,31)(H,29,32)/t19-,21-,23-/m0/s1. The lowest BCUT2D eigenvalue weighted by Gasteiger charge is -2.42. The molecule has 0 radical (unpaired) electrons. The van der Waals surface area contributed by atoms with E-state index in [1.54, 1.807) is 54.4 Å². The first-order chi connectivity index (χ1) is 16.9. The largest absolute Gasteiger partial charge is 0.490 e. The minimum absolute atomic E-state index is 0.0231. The summed E-state index contributed by atoms with van der Waals surface area (Å²) in [6.07, 6.45) is 2.04. The Bertz CT molecular complexity index is 1090. The highest BCUT2D eigenvalue weighted by molar-refractivity contribution is 6.30. The van der Waals surface area contributed by atoms with E-state index >= 15 is 0 Å². The smallest absolute Gasteiger partial charge is 0.257 e. The van der Waals surface area contributed by atoms with Crippen LogP contribution in [-0.2, 0) is 9.53 Å². The van der Waals surface area contributed by atoms with Crippen LogP contribution in [0.2, 0.25) is 5.02 Å². The normalized spacial score (nSPS) is 21.6. The quantitative estimate of drug-likeness (QED) is 0.628. The number of ether oxygens (including phenoxy) is 2. The lowest BCUT2D eigenvalue weighted by Crippen LogP contribution is -2.54. The molecule has 186 valence electrons. The third-order valence-corrected chi connectivity index (χ3v) is 6.61. The van der Waals surface area contributed by atoms with Crippen LogP contribution in [0.5, 0.6) is 5.75 Å². The maximum atomic E-state index is 13.4. The minimum Gasteiger partial charge on any atom is -0.490 e. The zero-order valence-corrected chi connectivity index (χ0v) is 20.6. The van der Waals surface area contributed by atoms with E-state index < -0.39 is 0 Å². The van der Waals surface area contributed by atoms with Gasteiger partial charge in [-0.3, -0.25) is 14.4 Å². The van der Waals surface area contributed by atoms with Crippen molar-refractivity contribution in [1.29, 1.82) is 0 Å². The van der Waals surface area contributed by atoms with Crippen LogP contribution in [0.1, 0.15) is 53.3 Å². The van der Waals surface area contributed by atoms with Crippen LogP contribution in [0.25, 0.3) is 0 Å². The van der Waals surface area contributed by atoms with Crippen molar-refractivity contribution < 1.29 is 23.9 Å². The number of halogens is 1. The van der Waals surface area contributed by atoms with Gasteiger partial charge in [0.05, 0.1) is 24.1 Å². The fourth-order valence-corrected chi connectivity index (χ4v) is 4.58. The molecule has 0 bridgehead atoms. The topological polar surface area (TPSA) is 97.0 Å². The van der Waals surface area contributed by atoms with Gasteiger partial charge in [0.2, 0.25) is 5.91 Å². The van der Waals surface area contributed by atoms with Gasteiger partial charge >= 0.3 is 0 Å². The monoisotopic (exact) mass is 499 g/mol. The number of hydrogen-bond acceptors (Lipinski definition) is 5. The molecular formula is C26H30ClN3O5. The van der Waals surface area contributed by atoms with Gasteiger partial charge in [-0.25, -0.2) is 0 Å². The Morgan fingerprint density at radius 1 is 1.14 bits per heavy atom. The Morgan fingerprint density at radius 2 is 1.91 bits per heavy atom. The number of amides is 3. The third-order valence-electron chi connectivity index (χ3n) is 6.36. The first-order valence-corrected chi connectivity index (χ1v) is 12.3. The predicted molar refractivity (Wildman–Crippen MR) is 133 cm³/mol. The molecule has 2 aliphatic rings. The molecule has 0 unspecified atom stereocenters. The van der Waals surface area contributed by atoms with Crippen LogP contribution in [0, 0.1) is 0 Å². The summed E-state index contributed by atoms with van der Waals surface area (Å²) in [5.41, 5.74) is 1.33. The Morgan fingerprint density at radius 3 is 2.66 bits per heavy atom. The van der Waals surface area contributed by atoms with Crippen molar-refractivity contribution in [1.82, 2.24) is 10.2 Å². The average Bonchev–Trinajstić information content (AvgIpc) is 2.85. The van der Waals surface area contributed by atoms with Gasteiger partial charge in [-0.2, -0.15) is 0 Å². The number of carbonyl (C=O) groups is 3. The number of anilines is 1. The van der Waals surface area contributed by atoms with Crippen molar-refractivity contribution >= 4 is 35.0 Å². The summed E-state index contributed by atoms with van der Waals surface area (Å²) in [4.78, 5) is 39.8. The van der Waals surface area contributed by atoms with Crippen LogP contribution in [0.15, 0.2) is 42.5 Å². The molecule has 1 fully saturated rings. The summed E-state index contributed by atoms with van der Waals surface area (Å²) in [6.45, 7) is 2.92. The highest BCUT2D eigenvalue weighted by Crippen LogP contribution is 2.32. The molecule has 9 heteroatoms. The molecule has 3 atom stereocenters. The zero-order chi connectivity index (χ0) is 24.9. The molecule has 8 nitrogen and oxygen atoms in total. The van der Waals surface area contributed by atoms with E-state index in [9.17, 15) is 14.4 Å². The minimum atomic E-state index is -0.334. The SMILES string of the molecule is CCCNC(=O)C[C@@H]1CC[C@H]2[C@H](COc3ccc(NC(=O)c4ccc(Cl)cc4)cc3C(=O)N2C)O1. The van der Waals surface area contributed by atoms with Crippen LogP contribution in [-0.4, -0.2) is 61.1 Å². The molecule has 2 aromatic carbocycles. The molecular weight excluding hydrogens is 470 g/mol. The first kappa shape index (κ1) is 25.0. The number of fused-ring (bicyclic) bond motifs is 2. The van der Waals surface area contributed by atoms with Gasteiger partial charge in [-0.15, -0.1) is 0 Å². The lowest BCUT2D eigenvalue weighted by molar-refractivity contribution is -0.134. The van der Waals surface area contributed by atoms with Crippen molar-refractivity contribution in [3.8, 4) is 5.75 Å². The van der Waals surface area contributed by atoms with Gasteiger partial charge in [0.25, 0.3) is 11.8 Å². The molecule has 0 saturated carbocycles. The van der Waals surface area contributed by atoms with Crippen LogP contribution in [0.3, 0.4) is 0 Å². The van der Waals surface area contributed by atoms with Crippen molar-refractivity contribution in [3.05, 3.63) is 58.6 Å². The fraction of sp³-hybridized carbons (Fsp3) is 0.423. The van der Waals surface area contributed by atoms with E-state index in [1.165, 1.54) is 0 Å². The summed E-state index contributed by atoms with van der Waals surface area (Å²) in [5.74, 6) is -0.106. The summed E-state index contributed by atoms with van der Waals surface area (Å²) >= 11 is 5.90. The Labute approximate surface area is 209 Å². The zero-order valence-electron chi connectivity index (χ0n) is 19.9. The van der Waals surface area contributed by atoms with Crippen molar-refractivity contribution in [2.75, 3.05) is 25.5 Å². The molecule has 3 amide bonds. The summed E-state index contributed by atoms with van der Waals surface area (Å²) < 4.78 is 12.2. The van der Waals surface area contributed by atoms with E-state index in [0.29, 0.717) is 53.4 Å². The maximum Gasteiger partial charge on any atom is 0.257 e. The van der Waals surface area contributed by atoms with Gasteiger partial charge < -0.3 is 25.0 Å². The molecule has 2 aliphatic heterocycles. The second kappa shape index (κ2) is 11.1. The van der Waals surface area contributed by atoms with Crippen molar-refractivity contribution in [2.24, 2.45) is 0 Å². The summed E-state index contributed by atoms with van der Waals surface area (Å²) in [7, 11) is 1.76. The number of carbonyl (C=O) groups excluding carboxylic acids is 3. The van der Waals surface area contributed by atoms with E-state index in [1.807, 2.05) is 6.92 Å². The molecule has 2 heterocycles. The highest BCUT2D eigenvalue weighted by atomic mass is 35.5. The number of rotatable bonds is 6. The molecule has 4 rings (SSSR count).